The molecule has 0 saturated carbocycles. The molecular weight excluding hydrogens is 270 g/mol. The summed E-state index contributed by atoms with van der Waals surface area (Å²) in [4.78, 5) is 0. The number of aliphatic hydroxyl groups excluding tert-OH is 1. The Morgan fingerprint density at radius 3 is 2.50 bits per heavy atom. The van der Waals surface area contributed by atoms with Crippen molar-refractivity contribution in [1.29, 1.82) is 0 Å². The van der Waals surface area contributed by atoms with Gasteiger partial charge in [-0.15, -0.1) is 0 Å². The Morgan fingerprint density at radius 1 is 1.50 bits per heavy atom. The van der Waals surface area contributed by atoms with Crippen molar-refractivity contribution in [1.82, 2.24) is 15.1 Å². The van der Waals surface area contributed by atoms with Crippen LogP contribution in [0.25, 0.3) is 0 Å². The lowest BCUT2D eigenvalue weighted by atomic mass is 9.99. The fourth-order valence-electron chi connectivity index (χ4n) is 1.53. The lowest BCUT2D eigenvalue weighted by molar-refractivity contribution is 0.167. The molecule has 0 radical (unpaired) electrons. The molecule has 0 bridgehead atoms. The van der Waals surface area contributed by atoms with Crippen LogP contribution in [0.5, 0.6) is 0 Å². The molecule has 5 heteroatoms. The van der Waals surface area contributed by atoms with Gasteiger partial charge in [0.2, 0.25) is 0 Å². The summed E-state index contributed by atoms with van der Waals surface area (Å²) < 4.78 is 3.05. The third-order valence-electron chi connectivity index (χ3n) is 3.12. The van der Waals surface area contributed by atoms with Gasteiger partial charge in [0.15, 0.2) is 0 Å². The van der Waals surface area contributed by atoms with Gasteiger partial charge in [0.25, 0.3) is 0 Å². The Bertz CT molecular complexity index is 358. The first-order valence-electron chi connectivity index (χ1n) is 5.43. The molecular formula is C11H20BrN3O. The van der Waals surface area contributed by atoms with E-state index in [1.54, 1.807) is 0 Å². The summed E-state index contributed by atoms with van der Waals surface area (Å²) >= 11 is 3.51. The number of rotatable bonds is 5. The largest absolute Gasteiger partial charge is 0.394 e. The van der Waals surface area contributed by atoms with Crippen molar-refractivity contribution in [3.8, 4) is 0 Å². The summed E-state index contributed by atoms with van der Waals surface area (Å²) in [5, 5.41) is 16.9. The van der Waals surface area contributed by atoms with E-state index in [0.29, 0.717) is 0 Å². The minimum atomic E-state index is -0.237. The first kappa shape index (κ1) is 13.7. The molecule has 0 aromatic carbocycles. The number of aliphatic hydroxyl groups is 1. The van der Waals surface area contributed by atoms with Gasteiger partial charge in [-0.05, 0) is 50.2 Å². The van der Waals surface area contributed by atoms with E-state index in [2.05, 4.69) is 26.3 Å². The number of aryl methyl sites for hydroxylation is 2. The smallest absolute Gasteiger partial charge is 0.0738 e. The Hall–Kier alpha value is -0.390. The standard InChI is InChI=1S/C11H20BrN3O/c1-8-10(12)9(2)15(14-8)6-5-11(3,7-16)13-4/h13,16H,5-7H2,1-4H3. The number of likely N-dealkylation sites (N-methyl/N-ethyl adjacent to an activating group) is 1. The molecule has 4 nitrogen and oxygen atoms in total. The van der Waals surface area contributed by atoms with Crippen molar-refractivity contribution in [2.24, 2.45) is 0 Å². The Balaban J connectivity index is 2.71. The highest BCUT2D eigenvalue weighted by Crippen LogP contribution is 2.21. The van der Waals surface area contributed by atoms with Gasteiger partial charge in [-0.25, -0.2) is 0 Å². The summed E-state index contributed by atoms with van der Waals surface area (Å²) in [7, 11) is 1.87. The molecule has 1 aromatic rings. The third-order valence-corrected chi connectivity index (χ3v) is 4.27. The van der Waals surface area contributed by atoms with Crippen molar-refractivity contribution in [2.45, 2.75) is 39.3 Å². The maximum absolute atomic E-state index is 9.29. The molecule has 1 aromatic heterocycles. The van der Waals surface area contributed by atoms with Gasteiger partial charge in [0.1, 0.15) is 0 Å². The Morgan fingerprint density at radius 2 is 2.12 bits per heavy atom. The van der Waals surface area contributed by atoms with Gasteiger partial charge in [-0.1, -0.05) is 0 Å². The molecule has 16 heavy (non-hydrogen) atoms. The fourth-order valence-corrected chi connectivity index (χ4v) is 1.81. The molecule has 1 atom stereocenters. The molecule has 0 saturated heterocycles. The topological polar surface area (TPSA) is 50.1 Å². The van der Waals surface area contributed by atoms with Gasteiger partial charge in [0, 0.05) is 17.8 Å². The van der Waals surface area contributed by atoms with Crippen LogP contribution in [0.4, 0.5) is 0 Å². The number of hydrogen-bond donors (Lipinski definition) is 2. The van der Waals surface area contributed by atoms with Gasteiger partial charge in [-0.2, -0.15) is 5.10 Å². The van der Waals surface area contributed by atoms with Crippen molar-refractivity contribution >= 4 is 15.9 Å². The summed E-state index contributed by atoms with van der Waals surface area (Å²) in [6, 6.07) is 0. The predicted octanol–water partition coefficient (Wildman–Crippen LogP) is 1.62. The zero-order valence-electron chi connectivity index (χ0n) is 10.3. The van der Waals surface area contributed by atoms with Crippen LogP contribution in [0.15, 0.2) is 4.47 Å². The van der Waals surface area contributed by atoms with E-state index < -0.39 is 0 Å². The molecule has 1 rings (SSSR count). The second-order valence-corrected chi connectivity index (χ2v) is 5.22. The van der Waals surface area contributed by atoms with Crippen LogP contribution in [0.3, 0.4) is 0 Å². The van der Waals surface area contributed by atoms with Crippen LogP contribution >= 0.6 is 15.9 Å². The molecule has 0 fully saturated rings. The first-order chi connectivity index (χ1) is 7.43. The highest BCUT2D eigenvalue weighted by molar-refractivity contribution is 9.10. The van der Waals surface area contributed by atoms with Crippen LogP contribution in [-0.4, -0.2) is 34.1 Å². The summed E-state index contributed by atoms with van der Waals surface area (Å²) in [6.07, 6.45) is 0.842. The average Bonchev–Trinajstić information content (AvgIpc) is 2.54. The highest BCUT2D eigenvalue weighted by atomic mass is 79.9. The van der Waals surface area contributed by atoms with Crippen LogP contribution in [-0.2, 0) is 6.54 Å². The van der Waals surface area contributed by atoms with E-state index in [0.717, 1.165) is 28.8 Å². The van der Waals surface area contributed by atoms with E-state index in [-0.39, 0.29) is 12.1 Å². The van der Waals surface area contributed by atoms with Gasteiger partial charge in [0.05, 0.1) is 16.8 Å². The molecule has 92 valence electrons. The van der Waals surface area contributed by atoms with E-state index >= 15 is 0 Å². The molecule has 0 spiro atoms. The fraction of sp³-hybridized carbons (Fsp3) is 0.727. The van der Waals surface area contributed by atoms with Crippen molar-refractivity contribution in [2.75, 3.05) is 13.7 Å². The third kappa shape index (κ3) is 2.84. The highest BCUT2D eigenvalue weighted by Gasteiger charge is 2.21. The average molecular weight is 290 g/mol. The lowest BCUT2D eigenvalue weighted by Gasteiger charge is -2.26. The van der Waals surface area contributed by atoms with Crippen LogP contribution in [0.1, 0.15) is 24.7 Å². The number of hydrogen-bond acceptors (Lipinski definition) is 3. The number of nitrogens with zero attached hydrogens (tertiary/aromatic N) is 2. The maximum atomic E-state index is 9.29. The first-order valence-corrected chi connectivity index (χ1v) is 6.22. The van der Waals surface area contributed by atoms with Crippen LogP contribution < -0.4 is 5.32 Å². The van der Waals surface area contributed by atoms with E-state index in [9.17, 15) is 5.11 Å². The normalized spacial score (nSPS) is 15.1. The number of nitrogens with one attached hydrogen (secondary N) is 1. The van der Waals surface area contributed by atoms with Gasteiger partial charge < -0.3 is 10.4 Å². The van der Waals surface area contributed by atoms with Gasteiger partial charge in [-0.3, -0.25) is 4.68 Å². The second-order valence-electron chi connectivity index (χ2n) is 4.43. The van der Waals surface area contributed by atoms with E-state index in [1.165, 1.54) is 0 Å². The SMILES string of the molecule is CNC(C)(CO)CCn1nc(C)c(Br)c1C. The van der Waals surface area contributed by atoms with Crippen LogP contribution in [0.2, 0.25) is 0 Å². The van der Waals surface area contributed by atoms with E-state index in [4.69, 9.17) is 0 Å². The Kier molecular flexibility index (Phi) is 4.52. The van der Waals surface area contributed by atoms with E-state index in [1.807, 2.05) is 32.5 Å². The molecule has 0 aliphatic carbocycles. The monoisotopic (exact) mass is 289 g/mol. The molecule has 0 amide bonds. The second kappa shape index (κ2) is 5.29. The van der Waals surface area contributed by atoms with Crippen molar-refractivity contribution in [3.63, 3.8) is 0 Å². The molecule has 0 aliphatic rings. The zero-order valence-corrected chi connectivity index (χ0v) is 11.9. The molecule has 1 unspecified atom stereocenters. The number of aromatic nitrogens is 2. The van der Waals surface area contributed by atoms with Crippen molar-refractivity contribution < 1.29 is 5.11 Å². The number of halogens is 1. The molecule has 0 aliphatic heterocycles. The minimum Gasteiger partial charge on any atom is -0.394 e. The van der Waals surface area contributed by atoms with Gasteiger partial charge >= 0.3 is 0 Å². The molecule has 2 N–H and O–H groups in total. The zero-order chi connectivity index (χ0) is 12.3. The van der Waals surface area contributed by atoms with Crippen LogP contribution in [0, 0.1) is 13.8 Å². The summed E-state index contributed by atoms with van der Waals surface area (Å²) in [5.74, 6) is 0. The summed E-state index contributed by atoms with van der Waals surface area (Å²) in [5.41, 5.74) is 1.90. The lowest BCUT2D eigenvalue weighted by Crippen LogP contribution is -2.44. The quantitative estimate of drug-likeness (QED) is 0.866. The summed E-state index contributed by atoms with van der Waals surface area (Å²) in [6.45, 7) is 6.96. The Labute approximate surface area is 105 Å². The van der Waals surface area contributed by atoms with Crippen molar-refractivity contribution in [3.05, 3.63) is 15.9 Å². The predicted molar refractivity (Wildman–Crippen MR) is 68.6 cm³/mol. The minimum absolute atomic E-state index is 0.129. The molecule has 1 heterocycles. The maximum Gasteiger partial charge on any atom is 0.0738 e.